The molecule has 2 heterocycles. The highest BCUT2D eigenvalue weighted by molar-refractivity contribution is 7.10. The molecule has 1 aromatic carbocycles. The van der Waals surface area contributed by atoms with Crippen LogP contribution in [-0.2, 0) is 11.2 Å². The second-order valence-corrected chi connectivity index (χ2v) is 6.48. The molecule has 21 heavy (non-hydrogen) atoms. The van der Waals surface area contributed by atoms with Crippen molar-refractivity contribution in [3.63, 3.8) is 0 Å². The Morgan fingerprint density at radius 2 is 2.10 bits per heavy atom. The van der Waals surface area contributed by atoms with Gasteiger partial charge in [-0.1, -0.05) is 12.1 Å². The molecule has 0 fully saturated rings. The van der Waals surface area contributed by atoms with Gasteiger partial charge >= 0.3 is 0 Å². The molecule has 1 N–H and O–H groups in total. The van der Waals surface area contributed by atoms with Crippen LogP contribution >= 0.6 is 11.3 Å². The molecule has 1 unspecified atom stereocenters. The smallest absolute Gasteiger partial charge is 0.227 e. The largest absolute Gasteiger partial charge is 0.315 e. The summed E-state index contributed by atoms with van der Waals surface area (Å²) < 4.78 is 0. The Hall–Kier alpha value is -1.65. The van der Waals surface area contributed by atoms with E-state index in [1.807, 2.05) is 14.1 Å². The van der Waals surface area contributed by atoms with E-state index in [0.717, 1.165) is 12.1 Å². The fraction of sp³-hybridized carbons (Fsp3) is 0.353. The van der Waals surface area contributed by atoms with Crippen LogP contribution < -0.4 is 10.2 Å². The molecule has 1 amide bonds. The summed E-state index contributed by atoms with van der Waals surface area (Å²) in [5.74, 6) is 0.203. The van der Waals surface area contributed by atoms with Gasteiger partial charge in [-0.25, -0.2) is 0 Å². The van der Waals surface area contributed by atoms with Crippen molar-refractivity contribution in [1.29, 1.82) is 0 Å². The molecular formula is C17H20N2OS. The van der Waals surface area contributed by atoms with Crippen molar-refractivity contribution < 1.29 is 4.79 Å². The van der Waals surface area contributed by atoms with Gasteiger partial charge in [-0.2, -0.15) is 0 Å². The minimum absolute atomic E-state index is 0.203. The predicted octanol–water partition coefficient (Wildman–Crippen LogP) is 3.27. The number of anilines is 1. The first kappa shape index (κ1) is 14.3. The molecule has 1 aliphatic heterocycles. The summed E-state index contributed by atoms with van der Waals surface area (Å²) in [6.07, 6.45) is 1.45. The second-order valence-electron chi connectivity index (χ2n) is 5.53. The van der Waals surface area contributed by atoms with Crippen LogP contribution in [0, 0.1) is 6.92 Å². The van der Waals surface area contributed by atoms with Gasteiger partial charge in [0.15, 0.2) is 0 Å². The van der Waals surface area contributed by atoms with Crippen LogP contribution in [0.4, 0.5) is 5.69 Å². The summed E-state index contributed by atoms with van der Waals surface area (Å²) >= 11 is 1.79. The summed E-state index contributed by atoms with van der Waals surface area (Å²) in [6.45, 7) is 2.15. The van der Waals surface area contributed by atoms with Gasteiger partial charge in [0.2, 0.25) is 5.91 Å². The number of thiophene rings is 1. The fourth-order valence-corrected chi connectivity index (χ4v) is 4.05. The molecule has 1 aromatic heterocycles. The van der Waals surface area contributed by atoms with Crippen LogP contribution in [0.5, 0.6) is 0 Å². The van der Waals surface area contributed by atoms with E-state index in [1.165, 1.54) is 21.6 Å². The standard InChI is InChI=1S/C17H20N2OS/c1-11-8-9-21-17(11)16(18-2)13-4-6-14-12(10-13)5-7-15(20)19(14)3/h4,6,8-10,16,18H,5,7H2,1-3H3. The van der Waals surface area contributed by atoms with Crippen molar-refractivity contribution in [3.05, 3.63) is 51.2 Å². The first-order valence-corrected chi connectivity index (χ1v) is 8.10. The number of carbonyl (C=O) groups excluding carboxylic acids is 1. The topological polar surface area (TPSA) is 32.3 Å². The van der Waals surface area contributed by atoms with Crippen molar-refractivity contribution >= 4 is 22.9 Å². The molecule has 110 valence electrons. The molecule has 1 atom stereocenters. The van der Waals surface area contributed by atoms with E-state index in [0.29, 0.717) is 6.42 Å². The molecule has 0 saturated carbocycles. The van der Waals surface area contributed by atoms with Gasteiger partial charge in [-0.15, -0.1) is 11.3 Å². The van der Waals surface area contributed by atoms with E-state index in [1.54, 1.807) is 16.2 Å². The molecule has 0 spiro atoms. The normalized spacial score (nSPS) is 16.0. The minimum Gasteiger partial charge on any atom is -0.315 e. The van der Waals surface area contributed by atoms with E-state index in [4.69, 9.17) is 0 Å². The van der Waals surface area contributed by atoms with Gasteiger partial charge < -0.3 is 10.2 Å². The molecule has 3 nitrogen and oxygen atoms in total. The van der Waals surface area contributed by atoms with E-state index in [-0.39, 0.29) is 11.9 Å². The van der Waals surface area contributed by atoms with Gasteiger partial charge in [0.1, 0.15) is 0 Å². The molecule has 2 aromatic rings. The molecule has 0 aliphatic carbocycles. The van der Waals surface area contributed by atoms with Gasteiger partial charge in [0.05, 0.1) is 6.04 Å². The average molecular weight is 300 g/mol. The molecule has 0 saturated heterocycles. The highest BCUT2D eigenvalue weighted by atomic mass is 32.1. The fourth-order valence-electron chi connectivity index (χ4n) is 2.99. The van der Waals surface area contributed by atoms with Crippen LogP contribution in [0.2, 0.25) is 0 Å². The van der Waals surface area contributed by atoms with Gasteiger partial charge in [-0.05, 0) is 54.6 Å². The lowest BCUT2D eigenvalue weighted by atomic mass is 9.95. The van der Waals surface area contributed by atoms with Crippen molar-refractivity contribution in [2.45, 2.75) is 25.8 Å². The SMILES string of the molecule is CNC(c1ccc2c(c1)CCC(=O)N2C)c1sccc1C. The van der Waals surface area contributed by atoms with Gasteiger partial charge in [-0.3, -0.25) is 4.79 Å². The Labute approximate surface area is 129 Å². The van der Waals surface area contributed by atoms with Crippen LogP contribution in [-0.4, -0.2) is 20.0 Å². The van der Waals surface area contributed by atoms with E-state index in [2.05, 4.69) is 41.9 Å². The van der Waals surface area contributed by atoms with Gasteiger partial charge in [0.25, 0.3) is 0 Å². The second kappa shape index (κ2) is 5.62. The zero-order chi connectivity index (χ0) is 15.0. The van der Waals surface area contributed by atoms with Crippen molar-refractivity contribution in [3.8, 4) is 0 Å². The minimum atomic E-state index is 0.203. The van der Waals surface area contributed by atoms with Gasteiger partial charge in [0, 0.05) is 24.0 Å². The lowest BCUT2D eigenvalue weighted by Gasteiger charge is -2.27. The zero-order valence-corrected chi connectivity index (χ0v) is 13.5. The Kier molecular flexibility index (Phi) is 3.83. The number of amides is 1. The molecule has 0 radical (unpaired) electrons. The number of hydrogen-bond acceptors (Lipinski definition) is 3. The first-order chi connectivity index (χ1) is 10.1. The van der Waals surface area contributed by atoms with E-state index >= 15 is 0 Å². The number of nitrogens with one attached hydrogen (secondary N) is 1. The number of rotatable bonds is 3. The van der Waals surface area contributed by atoms with Crippen molar-refractivity contribution in [1.82, 2.24) is 5.32 Å². The van der Waals surface area contributed by atoms with Crippen molar-refractivity contribution in [2.24, 2.45) is 0 Å². The third-order valence-electron chi connectivity index (χ3n) is 4.23. The summed E-state index contributed by atoms with van der Waals surface area (Å²) in [7, 11) is 3.86. The first-order valence-electron chi connectivity index (χ1n) is 7.22. The van der Waals surface area contributed by atoms with E-state index in [9.17, 15) is 4.79 Å². The number of nitrogens with zero attached hydrogens (tertiary/aromatic N) is 1. The Morgan fingerprint density at radius 3 is 2.76 bits per heavy atom. The summed E-state index contributed by atoms with van der Waals surface area (Å²) in [6, 6.07) is 8.84. The van der Waals surface area contributed by atoms with Crippen LogP contribution in [0.25, 0.3) is 0 Å². The van der Waals surface area contributed by atoms with Crippen LogP contribution in [0.15, 0.2) is 29.6 Å². The molecular weight excluding hydrogens is 280 g/mol. The Morgan fingerprint density at radius 1 is 1.29 bits per heavy atom. The highest BCUT2D eigenvalue weighted by Gasteiger charge is 2.23. The Balaban J connectivity index is 2.00. The van der Waals surface area contributed by atoms with E-state index < -0.39 is 0 Å². The van der Waals surface area contributed by atoms with Crippen molar-refractivity contribution in [2.75, 3.05) is 19.0 Å². The number of fused-ring (bicyclic) bond motifs is 1. The quantitative estimate of drug-likeness (QED) is 0.943. The summed E-state index contributed by atoms with van der Waals surface area (Å²) in [5.41, 5.74) is 4.91. The monoisotopic (exact) mass is 300 g/mol. The predicted molar refractivity (Wildman–Crippen MR) is 88.1 cm³/mol. The number of aryl methyl sites for hydroxylation is 2. The molecule has 3 rings (SSSR count). The maximum Gasteiger partial charge on any atom is 0.227 e. The number of hydrogen-bond donors (Lipinski definition) is 1. The highest BCUT2D eigenvalue weighted by Crippen LogP contribution is 2.33. The zero-order valence-electron chi connectivity index (χ0n) is 12.6. The lowest BCUT2D eigenvalue weighted by molar-refractivity contribution is -0.118. The molecule has 0 bridgehead atoms. The summed E-state index contributed by atoms with van der Waals surface area (Å²) in [5, 5.41) is 5.56. The number of carbonyl (C=O) groups is 1. The Bertz CT molecular complexity index is 677. The maximum absolute atomic E-state index is 11.8. The third-order valence-corrected chi connectivity index (χ3v) is 5.32. The molecule has 4 heteroatoms. The third kappa shape index (κ3) is 2.49. The summed E-state index contributed by atoms with van der Waals surface area (Å²) in [4.78, 5) is 14.9. The van der Waals surface area contributed by atoms with Crippen LogP contribution in [0.1, 0.15) is 34.0 Å². The molecule has 1 aliphatic rings. The average Bonchev–Trinajstić information content (AvgIpc) is 2.90. The van der Waals surface area contributed by atoms with Crippen LogP contribution in [0.3, 0.4) is 0 Å². The number of benzene rings is 1. The maximum atomic E-state index is 11.8. The lowest BCUT2D eigenvalue weighted by Crippen LogP contribution is -2.31.